The third-order valence-corrected chi connectivity index (χ3v) is 4.24. The first-order valence-electron chi connectivity index (χ1n) is 6.73. The van der Waals surface area contributed by atoms with Gasteiger partial charge in [-0.1, -0.05) is 51.5 Å². The monoisotopic (exact) mass is 218 g/mol. The normalized spacial score (nSPS) is 11.8. The maximum Gasteiger partial charge on any atom is -0.00521 e. The first-order valence-corrected chi connectivity index (χ1v) is 6.73. The van der Waals surface area contributed by atoms with E-state index in [4.69, 9.17) is 0 Å². The first kappa shape index (κ1) is 13.3. The Bertz CT molecular complexity index is 324. The van der Waals surface area contributed by atoms with Gasteiger partial charge in [-0.2, -0.15) is 0 Å². The molecule has 0 aliphatic carbocycles. The highest BCUT2D eigenvalue weighted by molar-refractivity contribution is 5.37. The van der Waals surface area contributed by atoms with Gasteiger partial charge in [0.1, 0.15) is 0 Å². The molecule has 0 bridgehead atoms. The van der Waals surface area contributed by atoms with Crippen LogP contribution in [0.1, 0.15) is 63.6 Å². The molecule has 0 spiro atoms. The van der Waals surface area contributed by atoms with E-state index >= 15 is 0 Å². The Morgan fingerprint density at radius 3 is 1.94 bits per heavy atom. The number of aryl methyl sites for hydroxylation is 2. The molecule has 16 heavy (non-hydrogen) atoms. The number of rotatable bonds is 5. The van der Waals surface area contributed by atoms with Crippen LogP contribution in [-0.2, 0) is 11.8 Å². The zero-order valence-corrected chi connectivity index (χ0v) is 11.6. The van der Waals surface area contributed by atoms with E-state index in [-0.39, 0.29) is 0 Å². The molecule has 0 saturated heterocycles. The predicted octanol–water partition coefficient (Wildman–Crippen LogP) is 5.03. The van der Waals surface area contributed by atoms with Crippen LogP contribution >= 0.6 is 0 Å². The number of hydrogen-bond donors (Lipinski definition) is 0. The summed E-state index contributed by atoms with van der Waals surface area (Å²) in [6, 6.07) is 7.00. The standard InChI is InChI=1S/C16H26/c1-6-14-12-13(5)10-11-15(14)16(7-2,8-3)9-4/h10-12H,6-9H2,1-5H3. The molecule has 90 valence electrons. The summed E-state index contributed by atoms with van der Waals surface area (Å²) in [6.07, 6.45) is 4.89. The summed E-state index contributed by atoms with van der Waals surface area (Å²) in [4.78, 5) is 0. The van der Waals surface area contributed by atoms with Gasteiger partial charge in [-0.25, -0.2) is 0 Å². The fourth-order valence-corrected chi connectivity index (χ4v) is 2.85. The molecule has 0 heteroatoms. The summed E-state index contributed by atoms with van der Waals surface area (Å²) in [5, 5.41) is 0. The highest BCUT2D eigenvalue weighted by Crippen LogP contribution is 2.37. The lowest BCUT2D eigenvalue weighted by molar-refractivity contribution is 0.379. The Morgan fingerprint density at radius 2 is 1.50 bits per heavy atom. The molecule has 0 nitrogen and oxygen atoms in total. The summed E-state index contributed by atoms with van der Waals surface area (Å²) in [5.74, 6) is 0. The van der Waals surface area contributed by atoms with Crippen molar-refractivity contribution >= 4 is 0 Å². The molecule has 0 heterocycles. The number of hydrogen-bond acceptors (Lipinski definition) is 0. The predicted molar refractivity (Wildman–Crippen MR) is 73.1 cm³/mol. The van der Waals surface area contributed by atoms with Crippen molar-refractivity contribution in [2.75, 3.05) is 0 Å². The molecule has 0 amide bonds. The third-order valence-electron chi connectivity index (χ3n) is 4.24. The molecule has 0 N–H and O–H groups in total. The Morgan fingerprint density at radius 1 is 0.938 bits per heavy atom. The maximum atomic E-state index is 2.37. The van der Waals surface area contributed by atoms with Gasteiger partial charge in [-0.05, 0) is 49.1 Å². The largest absolute Gasteiger partial charge is 0.0645 e. The van der Waals surface area contributed by atoms with Crippen molar-refractivity contribution in [2.24, 2.45) is 0 Å². The molecular formula is C16H26. The quantitative estimate of drug-likeness (QED) is 0.650. The van der Waals surface area contributed by atoms with Gasteiger partial charge in [0.2, 0.25) is 0 Å². The summed E-state index contributed by atoms with van der Waals surface area (Å²) < 4.78 is 0. The molecule has 0 aliphatic heterocycles. The van der Waals surface area contributed by atoms with Gasteiger partial charge in [-0.15, -0.1) is 0 Å². The second kappa shape index (κ2) is 5.52. The average molecular weight is 218 g/mol. The molecule has 0 radical (unpaired) electrons. The van der Waals surface area contributed by atoms with Crippen molar-refractivity contribution in [2.45, 2.75) is 65.7 Å². The van der Waals surface area contributed by atoms with Crippen LogP contribution in [0.3, 0.4) is 0 Å². The fourth-order valence-electron chi connectivity index (χ4n) is 2.85. The SMILES string of the molecule is CCc1cc(C)ccc1C(CC)(CC)CC. The summed E-state index contributed by atoms with van der Waals surface area (Å²) in [7, 11) is 0. The Kier molecular flexibility index (Phi) is 4.58. The Hall–Kier alpha value is -0.780. The van der Waals surface area contributed by atoms with E-state index in [0.29, 0.717) is 5.41 Å². The van der Waals surface area contributed by atoms with Crippen LogP contribution in [-0.4, -0.2) is 0 Å². The molecule has 0 fully saturated rings. The van der Waals surface area contributed by atoms with E-state index in [2.05, 4.69) is 52.8 Å². The van der Waals surface area contributed by atoms with Crippen LogP contribution in [0.25, 0.3) is 0 Å². The highest BCUT2D eigenvalue weighted by atomic mass is 14.3. The van der Waals surface area contributed by atoms with Gasteiger partial charge in [0.15, 0.2) is 0 Å². The van der Waals surface area contributed by atoms with Crippen molar-refractivity contribution in [1.82, 2.24) is 0 Å². The lowest BCUT2D eigenvalue weighted by atomic mass is 9.71. The van der Waals surface area contributed by atoms with Gasteiger partial charge in [0.25, 0.3) is 0 Å². The topological polar surface area (TPSA) is 0 Å². The van der Waals surface area contributed by atoms with Crippen molar-refractivity contribution in [3.63, 3.8) is 0 Å². The van der Waals surface area contributed by atoms with E-state index in [1.165, 1.54) is 24.8 Å². The Labute approximate surface area is 101 Å². The third kappa shape index (κ3) is 2.31. The molecule has 0 aliphatic rings. The minimum atomic E-state index is 0.402. The lowest BCUT2D eigenvalue weighted by Gasteiger charge is -2.33. The smallest absolute Gasteiger partial charge is 0.00521 e. The average Bonchev–Trinajstić information content (AvgIpc) is 2.33. The fraction of sp³-hybridized carbons (Fsp3) is 0.625. The van der Waals surface area contributed by atoms with E-state index in [9.17, 15) is 0 Å². The number of benzene rings is 1. The van der Waals surface area contributed by atoms with Gasteiger partial charge in [-0.3, -0.25) is 0 Å². The van der Waals surface area contributed by atoms with E-state index in [0.717, 1.165) is 6.42 Å². The summed E-state index contributed by atoms with van der Waals surface area (Å²) in [6.45, 7) is 11.4. The molecule has 1 aromatic carbocycles. The lowest BCUT2D eigenvalue weighted by Crippen LogP contribution is -2.25. The Balaban J connectivity index is 3.28. The second-order valence-corrected chi connectivity index (χ2v) is 4.86. The van der Waals surface area contributed by atoms with Gasteiger partial charge < -0.3 is 0 Å². The molecule has 0 aromatic heterocycles. The maximum absolute atomic E-state index is 2.37. The minimum absolute atomic E-state index is 0.402. The summed E-state index contributed by atoms with van der Waals surface area (Å²) in [5.41, 5.74) is 4.93. The van der Waals surface area contributed by atoms with Crippen LogP contribution in [0.15, 0.2) is 18.2 Å². The van der Waals surface area contributed by atoms with Crippen molar-refractivity contribution in [3.8, 4) is 0 Å². The molecule has 0 atom stereocenters. The van der Waals surface area contributed by atoms with Crippen LogP contribution < -0.4 is 0 Å². The van der Waals surface area contributed by atoms with Crippen LogP contribution in [0.2, 0.25) is 0 Å². The van der Waals surface area contributed by atoms with Crippen molar-refractivity contribution in [3.05, 3.63) is 34.9 Å². The first-order chi connectivity index (χ1) is 7.63. The van der Waals surface area contributed by atoms with Crippen LogP contribution in [0, 0.1) is 6.92 Å². The van der Waals surface area contributed by atoms with E-state index in [1.807, 2.05) is 0 Å². The zero-order valence-electron chi connectivity index (χ0n) is 11.6. The zero-order chi connectivity index (χ0) is 12.2. The molecule has 1 aromatic rings. The minimum Gasteiger partial charge on any atom is -0.0645 e. The van der Waals surface area contributed by atoms with Crippen LogP contribution in [0.5, 0.6) is 0 Å². The van der Waals surface area contributed by atoms with E-state index in [1.54, 1.807) is 11.1 Å². The van der Waals surface area contributed by atoms with Gasteiger partial charge in [0, 0.05) is 0 Å². The van der Waals surface area contributed by atoms with Crippen molar-refractivity contribution < 1.29 is 0 Å². The molecular weight excluding hydrogens is 192 g/mol. The van der Waals surface area contributed by atoms with Gasteiger partial charge >= 0.3 is 0 Å². The van der Waals surface area contributed by atoms with Gasteiger partial charge in [0.05, 0.1) is 0 Å². The highest BCUT2D eigenvalue weighted by Gasteiger charge is 2.27. The van der Waals surface area contributed by atoms with E-state index < -0.39 is 0 Å². The van der Waals surface area contributed by atoms with Crippen molar-refractivity contribution in [1.29, 1.82) is 0 Å². The molecule has 1 rings (SSSR count). The van der Waals surface area contributed by atoms with Crippen LogP contribution in [0.4, 0.5) is 0 Å². The molecule has 0 unspecified atom stereocenters. The second-order valence-electron chi connectivity index (χ2n) is 4.86. The molecule has 0 saturated carbocycles. The summed E-state index contributed by atoms with van der Waals surface area (Å²) >= 11 is 0.